The molecule has 0 bridgehead atoms. The lowest BCUT2D eigenvalue weighted by atomic mass is 10.0. The lowest BCUT2D eigenvalue weighted by Gasteiger charge is -2.09. The number of carbonyl (C=O) groups excluding carboxylic acids is 1. The molecule has 3 aromatic rings. The lowest BCUT2D eigenvalue weighted by Crippen LogP contribution is -2.12. The molecule has 0 spiro atoms. The first kappa shape index (κ1) is 14.9. The summed E-state index contributed by atoms with van der Waals surface area (Å²) in [6.45, 7) is 4.27. The van der Waals surface area contributed by atoms with E-state index < -0.39 is 0 Å². The van der Waals surface area contributed by atoms with E-state index in [-0.39, 0.29) is 5.91 Å². The number of benzene rings is 2. The second kappa shape index (κ2) is 6.39. The van der Waals surface area contributed by atoms with Crippen molar-refractivity contribution in [1.29, 1.82) is 0 Å². The highest BCUT2D eigenvalue weighted by atomic mass is 16.1. The van der Waals surface area contributed by atoms with Gasteiger partial charge in [0.1, 0.15) is 6.33 Å². The van der Waals surface area contributed by atoms with Crippen molar-refractivity contribution in [2.45, 2.75) is 19.8 Å². The zero-order valence-electron chi connectivity index (χ0n) is 13.0. The molecule has 0 fully saturated rings. The molecule has 0 aliphatic rings. The third-order valence-corrected chi connectivity index (χ3v) is 3.56. The summed E-state index contributed by atoms with van der Waals surface area (Å²) in [5, 5.41) is 13.9. The summed E-state index contributed by atoms with van der Waals surface area (Å²) in [6.07, 6.45) is 1.49. The topological polar surface area (TPSA) is 72.7 Å². The second-order valence-corrected chi connectivity index (χ2v) is 5.54. The van der Waals surface area contributed by atoms with E-state index >= 15 is 0 Å². The Balaban J connectivity index is 1.77. The van der Waals surface area contributed by atoms with E-state index in [0.29, 0.717) is 11.5 Å². The Labute approximate surface area is 134 Å². The Morgan fingerprint density at radius 3 is 2.57 bits per heavy atom. The maximum atomic E-state index is 12.4. The highest BCUT2D eigenvalue weighted by Crippen LogP contribution is 2.18. The standard InChI is InChI=1S/C17H17N5O/c1-12(2)13-6-8-15(9-7-13)19-17(23)14-4-3-5-16(10-14)22-11-18-20-21-22/h3-12H,1-2H3,(H,19,23). The molecule has 0 unspecified atom stereocenters. The lowest BCUT2D eigenvalue weighted by molar-refractivity contribution is 0.102. The molecule has 0 saturated heterocycles. The van der Waals surface area contributed by atoms with Crippen LogP contribution in [0.15, 0.2) is 54.9 Å². The number of hydrogen-bond donors (Lipinski definition) is 1. The van der Waals surface area contributed by atoms with Crippen molar-refractivity contribution in [3.05, 3.63) is 66.0 Å². The number of nitrogens with zero attached hydrogens (tertiary/aromatic N) is 4. The van der Waals surface area contributed by atoms with Gasteiger partial charge < -0.3 is 5.32 Å². The first-order valence-corrected chi connectivity index (χ1v) is 7.38. The van der Waals surface area contributed by atoms with Gasteiger partial charge in [0, 0.05) is 11.3 Å². The minimum absolute atomic E-state index is 0.169. The summed E-state index contributed by atoms with van der Waals surface area (Å²) in [6, 6.07) is 15.0. The molecular weight excluding hydrogens is 290 g/mol. The fourth-order valence-corrected chi connectivity index (χ4v) is 2.22. The van der Waals surface area contributed by atoms with Crippen LogP contribution in [0, 0.1) is 0 Å². The van der Waals surface area contributed by atoms with Crippen LogP contribution in [0.25, 0.3) is 5.69 Å². The van der Waals surface area contributed by atoms with Gasteiger partial charge in [0.2, 0.25) is 0 Å². The predicted molar refractivity (Wildman–Crippen MR) is 87.6 cm³/mol. The van der Waals surface area contributed by atoms with Crippen molar-refractivity contribution in [2.75, 3.05) is 5.32 Å². The van der Waals surface area contributed by atoms with Crippen molar-refractivity contribution in [2.24, 2.45) is 0 Å². The molecule has 0 aliphatic heterocycles. The molecule has 116 valence electrons. The Morgan fingerprint density at radius 2 is 1.91 bits per heavy atom. The van der Waals surface area contributed by atoms with Gasteiger partial charge in [-0.25, -0.2) is 4.68 Å². The summed E-state index contributed by atoms with van der Waals surface area (Å²) >= 11 is 0. The molecule has 1 N–H and O–H groups in total. The van der Waals surface area contributed by atoms with Crippen LogP contribution >= 0.6 is 0 Å². The number of carbonyl (C=O) groups is 1. The highest BCUT2D eigenvalue weighted by Gasteiger charge is 2.08. The average molecular weight is 307 g/mol. The van der Waals surface area contributed by atoms with Gasteiger partial charge in [-0.05, 0) is 52.2 Å². The SMILES string of the molecule is CC(C)c1ccc(NC(=O)c2cccc(-n3cnnn3)c2)cc1. The molecule has 0 atom stereocenters. The smallest absolute Gasteiger partial charge is 0.255 e. The minimum Gasteiger partial charge on any atom is -0.322 e. The van der Waals surface area contributed by atoms with Crippen molar-refractivity contribution in [3.63, 3.8) is 0 Å². The van der Waals surface area contributed by atoms with E-state index in [1.165, 1.54) is 16.6 Å². The molecule has 1 aromatic heterocycles. The van der Waals surface area contributed by atoms with Gasteiger partial charge in [0.15, 0.2) is 0 Å². The second-order valence-electron chi connectivity index (χ2n) is 5.54. The number of amides is 1. The van der Waals surface area contributed by atoms with Crippen molar-refractivity contribution in [3.8, 4) is 5.69 Å². The monoisotopic (exact) mass is 307 g/mol. The summed E-state index contributed by atoms with van der Waals surface area (Å²) in [4.78, 5) is 12.4. The number of tetrazole rings is 1. The summed E-state index contributed by atoms with van der Waals surface area (Å²) < 4.78 is 1.51. The molecule has 6 nitrogen and oxygen atoms in total. The Hall–Kier alpha value is -3.02. The Kier molecular flexibility index (Phi) is 4.14. The average Bonchev–Trinajstić information content (AvgIpc) is 3.10. The van der Waals surface area contributed by atoms with Crippen molar-refractivity contribution >= 4 is 11.6 Å². The van der Waals surface area contributed by atoms with Gasteiger partial charge in [0.05, 0.1) is 5.69 Å². The van der Waals surface area contributed by atoms with E-state index in [4.69, 9.17) is 0 Å². The first-order valence-electron chi connectivity index (χ1n) is 7.38. The Morgan fingerprint density at radius 1 is 1.13 bits per heavy atom. The predicted octanol–water partition coefficient (Wildman–Crippen LogP) is 3.04. The quantitative estimate of drug-likeness (QED) is 0.804. The summed E-state index contributed by atoms with van der Waals surface area (Å²) in [5.74, 6) is 0.296. The van der Waals surface area contributed by atoms with Crippen LogP contribution in [0.2, 0.25) is 0 Å². The molecule has 2 aromatic carbocycles. The van der Waals surface area contributed by atoms with Crippen LogP contribution in [0.1, 0.15) is 35.7 Å². The van der Waals surface area contributed by atoms with E-state index in [2.05, 4.69) is 34.7 Å². The number of hydrogen-bond acceptors (Lipinski definition) is 4. The summed E-state index contributed by atoms with van der Waals surface area (Å²) in [5.41, 5.74) is 3.29. The number of anilines is 1. The largest absolute Gasteiger partial charge is 0.322 e. The van der Waals surface area contributed by atoms with E-state index in [0.717, 1.165) is 11.4 Å². The van der Waals surface area contributed by atoms with E-state index in [1.807, 2.05) is 30.3 Å². The highest BCUT2D eigenvalue weighted by molar-refractivity contribution is 6.04. The molecule has 0 aliphatic carbocycles. The fourth-order valence-electron chi connectivity index (χ4n) is 2.22. The van der Waals surface area contributed by atoms with Gasteiger partial charge in [-0.2, -0.15) is 0 Å². The van der Waals surface area contributed by atoms with Crippen LogP contribution in [0.4, 0.5) is 5.69 Å². The maximum absolute atomic E-state index is 12.4. The van der Waals surface area contributed by atoms with Gasteiger partial charge in [-0.3, -0.25) is 4.79 Å². The van der Waals surface area contributed by atoms with Crippen molar-refractivity contribution in [1.82, 2.24) is 20.2 Å². The molecule has 6 heteroatoms. The summed E-state index contributed by atoms with van der Waals surface area (Å²) in [7, 11) is 0. The molecular formula is C17H17N5O. The van der Waals surface area contributed by atoms with Crippen LogP contribution in [-0.4, -0.2) is 26.1 Å². The molecule has 1 heterocycles. The zero-order chi connectivity index (χ0) is 16.2. The number of nitrogens with one attached hydrogen (secondary N) is 1. The normalized spacial score (nSPS) is 10.7. The van der Waals surface area contributed by atoms with Crippen LogP contribution in [-0.2, 0) is 0 Å². The Bertz CT molecular complexity index is 794. The third kappa shape index (κ3) is 3.42. The third-order valence-electron chi connectivity index (χ3n) is 3.56. The molecule has 3 rings (SSSR count). The minimum atomic E-state index is -0.169. The number of rotatable bonds is 4. The van der Waals surface area contributed by atoms with Gasteiger partial charge in [-0.15, -0.1) is 5.10 Å². The molecule has 23 heavy (non-hydrogen) atoms. The fraction of sp³-hybridized carbons (Fsp3) is 0.176. The maximum Gasteiger partial charge on any atom is 0.255 e. The van der Waals surface area contributed by atoms with Gasteiger partial charge in [0.25, 0.3) is 5.91 Å². The van der Waals surface area contributed by atoms with Gasteiger partial charge >= 0.3 is 0 Å². The van der Waals surface area contributed by atoms with Crippen LogP contribution in [0.5, 0.6) is 0 Å². The molecule has 0 radical (unpaired) electrons. The molecule has 0 saturated carbocycles. The zero-order valence-corrected chi connectivity index (χ0v) is 13.0. The van der Waals surface area contributed by atoms with Crippen molar-refractivity contribution < 1.29 is 4.79 Å². The first-order chi connectivity index (χ1) is 11.1. The number of aromatic nitrogens is 4. The molecule has 1 amide bonds. The van der Waals surface area contributed by atoms with E-state index in [9.17, 15) is 4.79 Å². The van der Waals surface area contributed by atoms with Gasteiger partial charge in [-0.1, -0.05) is 32.0 Å². The van der Waals surface area contributed by atoms with E-state index in [1.54, 1.807) is 18.2 Å². The van der Waals surface area contributed by atoms with Crippen LogP contribution < -0.4 is 5.32 Å². The van der Waals surface area contributed by atoms with Crippen LogP contribution in [0.3, 0.4) is 0 Å².